The van der Waals surface area contributed by atoms with Gasteiger partial charge in [-0.15, -0.1) is 11.3 Å². The Kier molecular flexibility index (Phi) is 4.40. The minimum Gasteiger partial charge on any atom is -0.484 e. The van der Waals surface area contributed by atoms with Gasteiger partial charge in [-0.1, -0.05) is 40.9 Å². The van der Waals surface area contributed by atoms with Crippen LogP contribution in [0.5, 0.6) is 5.75 Å². The van der Waals surface area contributed by atoms with Crippen LogP contribution in [0.2, 0.25) is 15.1 Å². The van der Waals surface area contributed by atoms with Crippen LogP contribution in [0.25, 0.3) is 10.8 Å². The zero-order valence-electron chi connectivity index (χ0n) is 10.5. The summed E-state index contributed by atoms with van der Waals surface area (Å²) in [5, 5.41) is 3.13. The lowest BCUT2D eigenvalue weighted by atomic mass is 10.3. The molecule has 0 bridgehead atoms. The molecule has 0 atom stereocenters. The molecular weight excluding hydrogens is 353 g/mol. The van der Waals surface area contributed by atoms with Crippen LogP contribution in [0.3, 0.4) is 0 Å². The third kappa shape index (κ3) is 3.35. The first kappa shape index (κ1) is 14.7. The van der Waals surface area contributed by atoms with Gasteiger partial charge in [0.2, 0.25) is 5.89 Å². The second kappa shape index (κ2) is 6.28. The van der Waals surface area contributed by atoms with E-state index in [0.717, 1.165) is 4.88 Å². The molecule has 108 valence electrons. The lowest BCUT2D eigenvalue weighted by Crippen LogP contribution is -1.97. The van der Waals surface area contributed by atoms with Gasteiger partial charge in [-0.3, -0.25) is 0 Å². The summed E-state index contributed by atoms with van der Waals surface area (Å²) in [7, 11) is 0. The van der Waals surface area contributed by atoms with E-state index in [1.54, 1.807) is 29.7 Å². The number of ether oxygens (including phenoxy) is 1. The number of thiophene rings is 1. The first-order valence-electron chi connectivity index (χ1n) is 5.89. The van der Waals surface area contributed by atoms with Crippen LogP contribution in [0.15, 0.2) is 40.3 Å². The number of nitrogens with zero attached hydrogens (tertiary/aromatic N) is 1. The van der Waals surface area contributed by atoms with Gasteiger partial charge < -0.3 is 9.15 Å². The molecule has 0 saturated heterocycles. The van der Waals surface area contributed by atoms with Crippen molar-refractivity contribution >= 4 is 46.1 Å². The average molecular weight is 361 g/mol. The molecule has 0 saturated carbocycles. The topological polar surface area (TPSA) is 35.3 Å². The molecule has 3 nitrogen and oxygen atoms in total. The molecule has 0 amide bonds. The molecule has 0 aliphatic rings. The molecule has 2 heterocycles. The summed E-state index contributed by atoms with van der Waals surface area (Å²) >= 11 is 19.5. The highest BCUT2D eigenvalue weighted by molar-refractivity contribution is 7.13. The monoisotopic (exact) mass is 359 g/mol. The molecule has 0 radical (unpaired) electrons. The highest BCUT2D eigenvalue weighted by Crippen LogP contribution is 2.36. The molecule has 0 unspecified atom stereocenters. The van der Waals surface area contributed by atoms with E-state index >= 15 is 0 Å². The average Bonchev–Trinajstić information content (AvgIpc) is 3.08. The Morgan fingerprint density at radius 1 is 1.19 bits per heavy atom. The maximum absolute atomic E-state index is 6.05. The Balaban J connectivity index is 1.74. The second-order valence-electron chi connectivity index (χ2n) is 4.11. The fourth-order valence-electron chi connectivity index (χ4n) is 1.70. The van der Waals surface area contributed by atoms with Crippen molar-refractivity contribution in [3.63, 3.8) is 0 Å². The first-order chi connectivity index (χ1) is 10.1. The fourth-order valence-corrected chi connectivity index (χ4v) is 3.28. The summed E-state index contributed by atoms with van der Waals surface area (Å²) in [6.07, 6.45) is 1.55. The van der Waals surface area contributed by atoms with E-state index in [0.29, 0.717) is 32.4 Å². The van der Waals surface area contributed by atoms with Gasteiger partial charge in [0.15, 0.2) is 5.75 Å². The van der Waals surface area contributed by atoms with Crippen molar-refractivity contribution in [2.24, 2.45) is 0 Å². The predicted octanol–water partition coefficient (Wildman–Crippen LogP) is 5.94. The minimum atomic E-state index is 0.204. The molecule has 0 aliphatic carbocycles. The number of benzene rings is 1. The number of hydrogen-bond donors (Lipinski definition) is 0. The molecule has 0 spiro atoms. The van der Waals surface area contributed by atoms with Crippen molar-refractivity contribution in [3.05, 3.63) is 56.7 Å². The quantitative estimate of drug-likeness (QED) is 0.577. The lowest BCUT2D eigenvalue weighted by Gasteiger charge is -2.08. The molecule has 0 aliphatic heterocycles. The van der Waals surface area contributed by atoms with Crippen LogP contribution in [-0.2, 0) is 6.61 Å². The summed E-state index contributed by atoms with van der Waals surface area (Å²) in [6, 6.07) is 7.02. The molecule has 3 aromatic rings. The second-order valence-corrected chi connectivity index (χ2v) is 6.31. The zero-order chi connectivity index (χ0) is 14.8. The van der Waals surface area contributed by atoms with Crippen LogP contribution >= 0.6 is 46.1 Å². The van der Waals surface area contributed by atoms with E-state index in [9.17, 15) is 0 Å². The molecular formula is C14H8Cl3NO2S. The van der Waals surface area contributed by atoms with Gasteiger partial charge in [-0.05, 0) is 23.6 Å². The van der Waals surface area contributed by atoms with Crippen molar-refractivity contribution in [1.29, 1.82) is 0 Å². The van der Waals surface area contributed by atoms with E-state index < -0.39 is 0 Å². The predicted molar refractivity (Wildman–Crippen MR) is 85.6 cm³/mol. The summed E-state index contributed by atoms with van der Waals surface area (Å²) < 4.78 is 11.0. The van der Waals surface area contributed by atoms with Crippen molar-refractivity contribution in [3.8, 4) is 16.5 Å². The maximum Gasteiger partial charge on any atom is 0.236 e. The largest absolute Gasteiger partial charge is 0.484 e. The fraction of sp³-hybridized carbons (Fsp3) is 0.0714. The van der Waals surface area contributed by atoms with E-state index in [2.05, 4.69) is 4.98 Å². The van der Waals surface area contributed by atoms with Crippen molar-refractivity contribution in [2.45, 2.75) is 6.61 Å². The van der Waals surface area contributed by atoms with Crippen LogP contribution in [0.1, 0.15) is 5.69 Å². The van der Waals surface area contributed by atoms with E-state index in [1.807, 2.05) is 17.5 Å². The molecule has 0 N–H and O–H groups in total. The van der Waals surface area contributed by atoms with Gasteiger partial charge in [0.1, 0.15) is 18.6 Å². The van der Waals surface area contributed by atoms with E-state index in [4.69, 9.17) is 44.0 Å². The number of aromatic nitrogens is 1. The minimum absolute atomic E-state index is 0.204. The lowest BCUT2D eigenvalue weighted by molar-refractivity contribution is 0.301. The summed E-state index contributed by atoms with van der Waals surface area (Å²) in [6.45, 7) is 0.204. The standard InChI is InChI=1S/C14H8Cl3NO2S/c15-8-4-10(16)13(11(17)5-8)19-6-9-7-20-14(18-9)12-2-1-3-21-12/h1-5,7H,6H2. The third-order valence-corrected chi connectivity index (χ3v) is 4.25. The summed E-state index contributed by atoms with van der Waals surface area (Å²) in [5.74, 6) is 0.945. The molecule has 1 aromatic carbocycles. The normalized spacial score (nSPS) is 10.8. The van der Waals surface area contributed by atoms with Gasteiger partial charge in [-0.2, -0.15) is 0 Å². The van der Waals surface area contributed by atoms with Crippen molar-refractivity contribution < 1.29 is 9.15 Å². The molecule has 7 heteroatoms. The van der Waals surface area contributed by atoms with E-state index in [-0.39, 0.29) is 6.61 Å². The van der Waals surface area contributed by atoms with E-state index in [1.165, 1.54) is 0 Å². The number of hydrogen-bond acceptors (Lipinski definition) is 4. The smallest absolute Gasteiger partial charge is 0.236 e. The van der Waals surface area contributed by atoms with Crippen LogP contribution < -0.4 is 4.74 Å². The van der Waals surface area contributed by atoms with Crippen molar-refractivity contribution in [1.82, 2.24) is 4.98 Å². The summed E-state index contributed by atoms with van der Waals surface area (Å²) in [4.78, 5) is 5.31. The Morgan fingerprint density at radius 3 is 2.62 bits per heavy atom. The highest BCUT2D eigenvalue weighted by Gasteiger charge is 2.12. The maximum atomic E-state index is 6.05. The van der Waals surface area contributed by atoms with Crippen LogP contribution in [-0.4, -0.2) is 4.98 Å². The molecule has 2 aromatic heterocycles. The number of halogens is 3. The van der Waals surface area contributed by atoms with Crippen molar-refractivity contribution in [2.75, 3.05) is 0 Å². The van der Waals surface area contributed by atoms with Crippen LogP contribution in [0, 0.1) is 0 Å². The van der Waals surface area contributed by atoms with Gasteiger partial charge in [0.05, 0.1) is 14.9 Å². The van der Waals surface area contributed by atoms with Gasteiger partial charge in [0.25, 0.3) is 0 Å². The Bertz CT molecular complexity index is 732. The number of oxazole rings is 1. The SMILES string of the molecule is Clc1cc(Cl)c(OCc2coc(-c3cccs3)n2)c(Cl)c1. The number of rotatable bonds is 4. The van der Waals surface area contributed by atoms with Gasteiger partial charge >= 0.3 is 0 Å². The Hall–Kier alpha value is -1.20. The Morgan fingerprint density at radius 2 is 1.95 bits per heavy atom. The van der Waals surface area contributed by atoms with Gasteiger partial charge in [0, 0.05) is 5.02 Å². The molecule has 0 fully saturated rings. The van der Waals surface area contributed by atoms with Gasteiger partial charge in [-0.25, -0.2) is 4.98 Å². The zero-order valence-corrected chi connectivity index (χ0v) is 13.6. The Labute approximate surface area is 140 Å². The molecule has 21 heavy (non-hydrogen) atoms. The molecule has 3 rings (SSSR count). The summed E-state index contributed by atoms with van der Waals surface area (Å²) in [5.41, 5.74) is 0.653. The first-order valence-corrected chi connectivity index (χ1v) is 7.90. The van der Waals surface area contributed by atoms with Crippen LogP contribution in [0.4, 0.5) is 0 Å². The third-order valence-electron chi connectivity index (χ3n) is 2.61. The highest BCUT2D eigenvalue weighted by atomic mass is 35.5.